The zero-order valence-corrected chi connectivity index (χ0v) is 14.9. The van der Waals surface area contributed by atoms with Crippen LogP contribution in [0.4, 0.5) is 4.79 Å². The molecule has 2 N–H and O–H groups in total. The van der Waals surface area contributed by atoms with Gasteiger partial charge in [0.2, 0.25) is 0 Å². The maximum Gasteiger partial charge on any atom is 0.408 e. The van der Waals surface area contributed by atoms with E-state index in [4.69, 9.17) is 9.47 Å². The van der Waals surface area contributed by atoms with Gasteiger partial charge in [-0.15, -0.1) is 0 Å². The Bertz CT molecular complexity index is 457. The minimum absolute atomic E-state index is 0.157. The first kappa shape index (κ1) is 19.5. The highest BCUT2D eigenvalue weighted by Gasteiger charge is 2.20. The highest BCUT2D eigenvalue weighted by Crippen LogP contribution is 2.14. The van der Waals surface area contributed by atoms with Crippen molar-refractivity contribution < 1.29 is 14.3 Å². The number of ether oxygens (including phenoxy) is 2. The molecule has 1 aromatic carbocycles. The summed E-state index contributed by atoms with van der Waals surface area (Å²) in [6, 6.07) is 9.93. The smallest absolute Gasteiger partial charge is 0.408 e. The molecule has 1 amide bonds. The summed E-state index contributed by atoms with van der Waals surface area (Å²) in [6.07, 6.45) is -0.411. The van der Waals surface area contributed by atoms with E-state index in [1.54, 1.807) is 0 Å². The fourth-order valence-electron chi connectivity index (χ4n) is 2.06. The lowest BCUT2D eigenvalue weighted by atomic mass is 10.1. The molecule has 0 aromatic heterocycles. The predicted octanol–water partition coefficient (Wildman–Crippen LogP) is 3.27. The van der Waals surface area contributed by atoms with Crippen molar-refractivity contribution in [2.24, 2.45) is 0 Å². The van der Waals surface area contributed by atoms with Gasteiger partial charge in [0, 0.05) is 19.2 Å². The standard InChI is InChI=1S/C18H30N2O3/c1-6-22-13-14(2)19-12-16(15-10-8-7-9-11-15)20-17(21)23-18(3,4)5/h7-11,14,16,19H,6,12-13H2,1-5H3,(H,20,21). The van der Waals surface area contributed by atoms with Crippen molar-refractivity contribution in [1.29, 1.82) is 0 Å². The van der Waals surface area contributed by atoms with E-state index in [-0.39, 0.29) is 12.1 Å². The normalized spacial score (nSPS) is 14.1. The highest BCUT2D eigenvalue weighted by molar-refractivity contribution is 5.68. The van der Waals surface area contributed by atoms with Gasteiger partial charge in [0.05, 0.1) is 12.6 Å². The molecule has 0 aliphatic carbocycles. The molecule has 1 aromatic rings. The molecule has 5 heteroatoms. The van der Waals surface area contributed by atoms with Crippen molar-refractivity contribution in [3.05, 3.63) is 35.9 Å². The third kappa shape index (κ3) is 8.57. The van der Waals surface area contributed by atoms with E-state index in [2.05, 4.69) is 17.6 Å². The monoisotopic (exact) mass is 322 g/mol. The number of carbonyl (C=O) groups excluding carboxylic acids is 1. The van der Waals surface area contributed by atoms with Crippen LogP contribution in [0.15, 0.2) is 30.3 Å². The molecule has 0 bridgehead atoms. The Labute approximate surface area is 139 Å². The number of hydrogen-bond donors (Lipinski definition) is 2. The molecule has 5 nitrogen and oxygen atoms in total. The molecular weight excluding hydrogens is 292 g/mol. The lowest BCUT2D eigenvalue weighted by Crippen LogP contribution is -2.42. The van der Waals surface area contributed by atoms with Crippen molar-refractivity contribution in [2.75, 3.05) is 19.8 Å². The number of benzene rings is 1. The van der Waals surface area contributed by atoms with Crippen LogP contribution in [0.1, 0.15) is 46.2 Å². The zero-order chi connectivity index (χ0) is 17.3. The van der Waals surface area contributed by atoms with E-state index < -0.39 is 11.7 Å². The largest absolute Gasteiger partial charge is 0.444 e. The maximum atomic E-state index is 12.1. The van der Waals surface area contributed by atoms with E-state index in [1.165, 1.54) is 0 Å². The molecule has 0 saturated heterocycles. The molecule has 2 unspecified atom stereocenters. The van der Waals surface area contributed by atoms with Crippen LogP contribution >= 0.6 is 0 Å². The third-order valence-corrected chi connectivity index (χ3v) is 3.14. The van der Waals surface area contributed by atoms with E-state index in [9.17, 15) is 4.79 Å². The van der Waals surface area contributed by atoms with Gasteiger partial charge < -0.3 is 20.1 Å². The second kappa shape index (κ2) is 9.53. The SMILES string of the molecule is CCOCC(C)NCC(NC(=O)OC(C)(C)C)c1ccccc1. The van der Waals surface area contributed by atoms with Gasteiger partial charge in [-0.05, 0) is 40.2 Å². The molecule has 0 aliphatic heterocycles. The van der Waals surface area contributed by atoms with Crippen LogP contribution in [0.25, 0.3) is 0 Å². The van der Waals surface area contributed by atoms with Crippen molar-refractivity contribution in [3.8, 4) is 0 Å². The fraction of sp³-hybridized carbons (Fsp3) is 0.611. The molecule has 0 spiro atoms. The second-order valence-electron chi connectivity index (χ2n) is 6.58. The Hall–Kier alpha value is -1.59. The number of nitrogens with one attached hydrogen (secondary N) is 2. The van der Waals surface area contributed by atoms with Gasteiger partial charge in [-0.3, -0.25) is 0 Å². The first-order valence-corrected chi connectivity index (χ1v) is 8.17. The maximum absolute atomic E-state index is 12.1. The number of alkyl carbamates (subject to hydrolysis) is 1. The highest BCUT2D eigenvalue weighted by atomic mass is 16.6. The molecule has 0 saturated carbocycles. The molecular formula is C18H30N2O3. The van der Waals surface area contributed by atoms with Crippen LogP contribution in [-0.2, 0) is 9.47 Å². The van der Waals surface area contributed by atoms with Crippen molar-refractivity contribution in [1.82, 2.24) is 10.6 Å². The minimum atomic E-state index is -0.513. The van der Waals surface area contributed by atoms with Crippen LogP contribution in [-0.4, -0.2) is 37.5 Å². The molecule has 0 fully saturated rings. The van der Waals surface area contributed by atoms with Crippen LogP contribution in [0.5, 0.6) is 0 Å². The van der Waals surface area contributed by atoms with Crippen LogP contribution < -0.4 is 10.6 Å². The van der Waals surface area contributed by atoms with Crippen LogP contribution in [0.2, 0.25) is 0 Å². The van der Waals surface area contributed by atoms with Crippen molar-refractivity contribution in [2.45, 2.75) is 52.3 Å². The summed E-state index contributed by atoms with van der Waals surface area (Å²) in [6.45, 7) is 11.5. The molecule has 1 rings (SSSR count). The predicted molar refractivity (Wildman–Crippen MR) is 92.5 cm³/mol. The van der Waals surface area contributed by atoms with Gasteiger partial charge in [0.1, 0.15) is 5.60 Å². The molecule has 0 aliphatic rings. The Kier molecular flexibility index (Phi) is 8.06. The molecule has 0 radical (unpaired) electrons. The van der Waals surface area contributed by atoms with Gasteiger partial charge in [-0.1, -0.05) is 30.3 Å². The van der Waals surface area contributed by atoms with E-state index in [0.29, 0.717) is 19.8 Å². The van der Waals surface area contributed by atoms with E-state index >= 15 is 0 Å². The zero-order valence-electron chi connectivity index (χ0n) is 14.9. The second-order valence-corrected chi connectivity index (χ2v) is 6.58. The first-order chi connectivity index (χ1) is 10.8. The third-order valence-electron chi connectivity index (χ3n) is 3.14. The van der Waals surface area contributed by atoms with Crippen LogP contribution in [0.3, 0.4) is 0 Å². The number of amides is 1. The topological polar surface area (TPSA) is 59.6 Å². The number of rotatable bonds is 8. The van der Waals surface area contributed by atoms with Gasteiger partial charge in [-0.2, -0.15) is 0 Å². The number of carbonyl (C=O) groups is 1. The fourth-order valence-corrected chi connectivity index (χ4v) is 2.06. The van der Waals surface area contributed by atoms with Gasteiger partial charge in [-0.25, -0.2) is 4.79 Å². The Morgan fingerprint density at radius 2 is 1.87 bits per heavy atom. The summed E-state index contributed by atoms with van der Waals surface area (Å²) in [7, 11) is 0. The van der Waals surface area contributed by atoms with Crippen molar-refractivity contribution >= 4 is 6.09 Å². The average molecular weight is 322 g/mol. The summed E-state index contributed by atoms with van der Waals surface area (Å²) < 4.78 is 10.8. The Morgan fingerprint density at radius 1 is 1.22 bits per heavy atom. The Morgan fingerprint density at radius 3 is 2.43 bits per heavy atom. The van der Waals surface area contributed by atoms with E-state index in [0.717, 1.165) is 5.56 Å². The summed E-state index contributed by atoms with van der Waals surface area (Å²) >= 11 is 0. The summed E-state index contributed by atoms with van der Waals surface area (Å²) in [4.78, 5) is 12.1. The quantitative estimate of drug-likeness (QED) is 0.771. The van der Waals surface area contributed by atoms with E-state index in [1.807, 2.05) is 58.0 Å². The van der Waals surface area contributed by atoms with Gasteiger partial charge in [0.25, 0.3) is 0 Å². The molecule has 0 heterocycles. The summed E-state index contributed by atoms with van der Waals surface area (Å²) in [5, 5.41) is 6.33. The lowest BCUT2D eigenvalue weighted by molar-refractivity contribution is 0.0501. The Balaban J connectivity index is 2.65. The van der Waals surface area contributed by atoms with Crippen molar-refractivity contribution in [3.63, 3.8) is 0 Å². The number of hydrogen-bond acceptors (Lipinski definition) is 4. The molecule has 23 heavy (non-hydrogen) atoms. The minimum Gasteiger partial charge on any atom is -0.444 e. The van der Waals surface area contributed by atoms with Gasteiger partial charge >= 0.3 is 6.09 Å². The average Bonchev–Trinajstić information content (AvgIpc) is 2.48. The molecule has 2 atom stereocenters. The summed E-state index contributed by atoms with van der Waals surface area (Å²) in [5.74, 6) is 0. The molecule has 130 valence electrons. The summed E-state index contributed by atoms with van der Waals surface area (Å²) in [5.41, 5.74) is 0.524. The van der Waals surface area contributed by atoms with Crippen LogP contribution in [0, 0.1) is 0 Å². The first-order valence-electron chi connectivity index (χ1n) is 8.17. The van der Waals surface area contributed by atoms with Gasteiger partial charge in [0.15, 0.2) is 0 Å². The lowest BCUT2D eigenvalue weighted by Gasteiger charge is -2.25.